The minimum absolute atomic E-state index is 0.0611. The summed E-state index contributed by atoms with van der Waals surface area (Å²) in [5.41, 5.74) is 0.696. The minimum Gasteiger partial charge on any atom is -0.462 e. The Balaban J connectivity index is 2.29. The number of hydrogen-bond acceptors (Lipinski definition) is 4. The van der Waals surface area contributed by atoms with Crippen LogP contribution in [0.3, 0.4) is 0 Å². The van der Waals surface area contributed by atoms with Crippen LogP contribution >= 0.6 is 11.6 Å². The van der Waals surface area contributed by atoms with Crippen molar-refractivity contribution in [2.45, 2.75) is 66.3 Å². The third kappa shape index (κ3) is 6.56. The first-order chi connectivity index (χ1) is 16.5. The summed E-state index contributed by atoms with van der Waals surface area (Å²) in [5.74, 6) is -0.381. The first kappa shape index (κ1) is 27.9. The standard InChI is InChI=1S/C28H31ClF3NO3/c1-16-14-20-19(12-13-22(33-20)28(30,31)32)24(17-8-10-18(29)11-9-17)23(16)21(36-27(5,6)7)15-35-25(34)26(2,3)4/h8-14,21H,15H2,1-7H3/t21-/m0/s1. The molecule has 1 atom stereocenters. The molecule has 0 aliphatic carbocycles. The van der Waals surface area contributed by atoms with E-state index in [4.69, 9.17) is 21.1 Å². The summed E-state index contributed by atoms with van der Waals surface area (Å²) in [6.07, 6.45) is -5.26. The molecule has 4 nitrogen and oxygen atoms in total. The molecule has 0 unspecified atom stereocenters. The van der Waals surface area contributed by atoms with E-state index in [1.165, 1.54) is 6.07 Å². The molecule has 0 radical (unpaired) electrons. The summed E-state index contributed by atoms with van der Waals surface area (Å²) in [5, 5.41) is 1.05. The van der Waals surface area contributed by atoms with Crippen molar-refractivity contribution in [2.24, 2.45) is 5.41 Å². The Bertz CT molecular complexity index is 1260. The van der Waals surface area contributed by atoms with E-state index in [1.807, 2.05) is 20.8 Å². The van der Waals surface area contributed by atoms with Gasteiger partial charge in [0.15, 0.2) is 0 Å². The van der Waals surface area contributed by atoms with Crippen molar-refractivity contribution in [3.05, 3.63) is 64.3 Å². The molecule has 194 valence electrons. The van der Waals surface area contributed by atoms with Gasteiger partial charge in [0.2, 0.25) is 0 Å². The van der Waals surface area contributed by atoms with Gasteiger partial charge < -0.3 is 9.47 Å². The molecule has 0 N–H and O–H groups in total. The van der Waals surface area contributed by atoms with Crippen LogP contribution in [0.1, 0.15) is 64.5 Å². The number of pyridine rings is 1. The summed E-state index contributed by atoms with van der Waals surface area (Å²) >= 11 is 6.12. The molecule has 0 bridgehead atoms. The van der Waals surface area contributed by atoms with Crippen LogP contribution in [0.5, 0.6) is 0 Å². The minimum atomic E-state index is -4.57. The highest BCUT2D eigenvalue weighted by Crippen LogP contribution is 2.41. The maximum atomic E-state index is 13.4. The van der Waals surface area contributed by atoms with Crippen molar-refractivity contribution in [1.29, 1.82) is 0 Å². The number of carbonyl (C=O) groups excluding carboxylic acids is 1. The first-order valence-electron chi connectivity index (χ1n) is 11.6. The van der Waals surface area contributed by atoms with Gasteiger partial charge in [-0.25, -0.2) is 4.98 Å². The highest BCUT2D eigenvalue weighted by Gasteiger charge is 2.34. The van der Waals surface area contributed by atoms with Gasteiger partial charge in [-0.05, 0) is 95.0 Å². The monoisotopic (exact) mass is 521 g/mol. The number of halogens is 4. The number of fused-ring (bicyclic) bond motifs is 1. The molecule has 0 saturated heterocycles. The third-order valence-electron chi connectivity index (χ3n) is 5.46. The topological polar surface area (TPSA) is 48.4 Å². The predicted octanol–water partition coefficient (Wildman–Crippen LogP) is 8.33. The number of benzene rings is 2. The molecule has 0 amide bonds. The molecule has 36 heavy (non-hydrogen) atoms. The number of aromatic nitrogens is 1. The van der Waals surface area contributed by atoms with Crippen LogP contribution in [-0.4, -0.2) is 23.2 Å². The number of rotatable bonds is 5. The van der Waals surface area contributed by atoms with Crippen LogP contribution in [0.2, 0.25) is 5.02 Å². The predicted molar refractivity (Wildman–Crippen MR) is 136 cm³/mol. The van der Waals surface area contributed by atoms with Gasteiger partial charge in [-0.3, -0.25) is 4.79 Å². The van der Waals surface area contributed by atoms with E-state index < -0.39 is 29.0 Å². The van der Waals surface area contributed by atoms with E-state index in [0.717, 1.165) is 11.6 Å². The van der Waals surface area contributed by atoms with E-state index in [0.29, 0.717) is 27.1 Å². The smallest absolute Gasteiger partial charge is 0.433 e. The zero-order chi connectivity index (χ0) is 27.1. The highest BCUT2D eigenvalue weighted by molar-refractivity contribution is 6.30. The normalized spacial score (nSPS) is 13.6. The Morgan fingerprint density at radius 2 is 1.61 bits per heavy atom. The molecule has 0 fully saturated rings. The Kier molecular flexibility index (Phi) is 7.78. The van der Waals surface area contributed by atoms with E-state index >= 15 is 0 Å². The molecular formula is C28H31ClF3NO3. The molecule has 0 spiro atoms. The van der Waals surface area contributed by atoms with Crippen molar-refractivity contribution in [2.75, 3.05) is 6.61 Å². The van der Waals surface area contributed by atoms with Crippen LogP contribution in [-0.2, 0) is 20.4 Å². The van der Waals surface area contributed by atoms with Crippen molar-refractivity contribution < 1.29 is 27.4 Å². The number of aryl methyl sites for hydroxylation is 1. The van der Waals surface area contributed by atoms with Crippen molar-refractivity contribution in [1.82, 2.24) is 4.98 Å². The van der Waals surface area contributed by atoms with Crippen molar-refractivity contribution >= 4 is 28.5 Å². The summed E-state index contributed by atoms with van der Waals surface area (Å²) in [7, 11) is 0. The Labute approximate surface area is 214 Å². The van der Waals surface area contributed by atoms with Gasteiger partial charge in [0, 0.05) is 10.4 Å². The summed E-state index contributed by atoms with van der Waals surface area (Å²) in [4.78, 5) is 16.5. The second-order valence-corrected chi connectivity index (χ2v) is 11.3. The van der Waals surface area contributed by atoms with Crippen LogP contribution in [0, 0.1) is 12.3 Å². The number of hydrogen-bond donors (Lipinski definition) is 0. The lowest BCUT2D eigenvalue weighted by Gasteiger charge is -2.31. The van der Waals surface area contributed by atoms with E-state index in [1.54, 1.807) is 58.0 Å². The number of ether oxygens (including phenoxy) is 2. The Morgan fingerprint density at radius 1 is 1.00 bits per heavy atom. The number of nitrogens with zero attached hydrogens (tertiary/aromatic N) is 1. The zero-order valence-corrected chi connectivity index (χ0v) is 22.3. The molecule has 3 aromatic rings. The van der Waals surface area contributed by atoms with Crippen molar-refractivity contribution in [3.8, 4) is 11.1 Å². The quantitative estimate of drug-likeness (QED) is 0.317. The number of esters is 1. The first-order valence-corrected chi connectivity index (χ1v) is 12.0. The average molecular weight is 522 g/mol. The SMILES string of the molecule is Cc1cc2nc(C(F)(F)F)ccc2c(-c2ccc(Cl)cc2)c1[C@H](COC(=O)C(C)(C)C)OC(C)(C)C. The van der Waals surface area contributed by atoms with Gasteiger partial charge in [0.1, 0.15) is 18.4 Å². The molecule has 0 aliphatic rings. The largest absolute Gasteiger partial charge is 0.462 e. The number of carbonyl (C=O) groups is 1. The fourth-order valence-electron chi connectivity index (χ4n) is 3.89. The van der Waals surface area contributed by atoms with Crippen molar-refractivity contribution in [3.63, 3.8) is 0 Å². The van der Waals surface area contributed by atoms with Crippen LogP contribution in [0.25, 0.3) is 22.0 Å². The highest BCUT2D eigenvalue weighted by atomic mass is 35.5. The molecule has 3 rings (SSSR count). The van der Waals surface area contributed by atoms with Crippen LogP contribution in [0.4, 0.5) is 13.2 Å². The maximum Gasteiger partial charge on any atom is 0.433 e. The molecular weight excluding hydrogens is 491 g/mol. The van der Waals surface area contributed by atoms with Gasteiger partial charge in [-0.1, -0.05) is 29.8 Å². The second kappa shape index (κ2) is 10.0. The van der Waals surface area contributed by atoms with Crippen LogP contribution < -0.4 is 0 Å². The lowest BCUT2D eigenvalue weighted by Crippen LogP contribution is -2.30. The molecule has 1 heterocycles. The second-order valence-electron chi connectivity index (χ2n) is 10.8. The van der Waals surface area contributed by atoms with Crippen LogP contribution in [0.15, 0.2) is 42.5 Å². The lowest BCUT2D eigenvalue weighted by molar-refractivity contribution is -0.162. The molecule has 1 aromatic heterocycles. The van der Waals surface area contributed by atoms with E-state index in [-0.39, 0.29) is 18.1 Å². The fraction of sp³-hybridized carbons (Fsp3) is 0.429. The van der Waals surface area contributed by atoms with E-state index in [9.17, 15) is 18.0 Å². The summed E-state index contributed by atoms with van der Waals surface area (Å²) < 4.78 is 52.2. The fourth-order valence-corrected chi connectivity index (χ4v) is 4.02. The van der Waals surface area contributed by atoms with Gasteiger partial charge in [-0.15, -0.1) is 0 Å². The molecule has 0 saturated carbocycles. The summed E-state index contributed by atoms with van der Waals surface area (Å²) in [6.45, 7) is 12.7. The number of alkyl halides is 3. The zero-order valence-electron chi connectivity index (χ0n) is 21.5. The average Bonchev–Trinajstić information content (AvgIpc) is 2.73. The molecule has 2 aromatic carbocycles. The lowest BCUT2D eigenvalue weighted by atomic mass is 9.88. The van der Waals surface area contributed by atoms with Gasteiger partial charge in [0.25, 0.3) is 0 Å². The van der Waals surface area contributed by atoms with Gasteiger partial charge >= 0.3 is 12.1 Å². The van der Waals surface area contributed by atoms with Gasteiger partial charge in [0.05, 0.1) is 16.5 Å². The Morgan fingerprint density at radius 3 is 2.14 bits per heavy atom. The molecule has 8 heteroatoms. The molecule has 0 aliphatic heterocycles. The Hall–Kier alpha value is -2.64. The third-order valence-corrected chi connectivity index (χ3v) is 5.71. The van der Waals surface area contributed by atoms with E-state index in [2.05, 4.69) is 4.98 Å². The maximum absolute atomic E-state index is 13.4. The van der Waals surface area contributed by atoms with Gasteiger partial charge in [-0.2, -0.15) is 13.2 Å². The summed E-state index contributed by atoms with van der Waals surface area (Å²) in [6, 6.07) is 11.0.